The number of hydrogen-bond acceptors (Lipinski definition) is 4. The molecule has 5 nitrogen and oxygen atoms in total. The first-order valence-corrected chi connectivity index (χ1v) is 6.74. The number of nitro groups is 1. The van der Waals surface area contributed by atoms with Gasteiger partial charge in [-0.3, -0.25) is 10.1 Å². The zero-order valence-corrected chi connectivity index (χ0v) is 11.9. The summed E-state index contributed by atoms with van der Waals surface area (Å²) in [6.45, 7) is 4.52. The average molecular weight is 284 g/mol. The molecule has 0 saturated carbocycles. The molecule has 1 N–H and O–H groups in total. The van der Waals surface area contributed by atoms with E-state index >= 15 is 0 Å². The van der Waals surface area contributed by atoms with Gasteiger partial charge in [-0.05, 0) is 37.1 Å². The first-order chi connectivity index (χ1) is 9.97. The molecule has 21 heavy (non-hydrogen) atoms. The molecule has 5 heteroatoms. The highest BCUT2D eigenvalue weighted by molar-refractivity contribution is 5.71. The Balaban J connectivity index is 2.08. The van der Waals surface area contributed by atoms with Crippen molar-refractivity contribution in [1.29, 1.82) is 0 Å². The molecule has 2 aromatic carbocycles. The Hall–Kier alpha value is -2.40. The fraction of sp³-hybridized carbons (Fsp3) is 0.250. The number of non-ortho nitro benzene ring substituents is 1. The van der Waals surface area contributed by atoms with E-state index in [2.05, 4.69) is 5.32 Å². The molecule has 0 aliphatic carbocycles. The summed E-state index contributed by atoms with van der Waals surface area (Å²) in [6.07, 6.45) is 0. The van der Waals surface area contributed by atoms with Crippen LogP contribution in [0.3, 0.4) is 0 Å². The fourth-order valence-corrected chi connectivity index (χ4v) is 2.55. The molecule has 108 valence electrons. The van der Waals surface area contributed by atoms with Gasteiger partial charge in [-0.15, -0.1) is 0 Å². The van der Waals surface area contributed by atoms with Gasteiger partial charge in [0.2, 0.25) is 0 Å². The van der Waals surface area contributed by atoms with Crippen molar-refractivity contribution in [3.05, 3.63) is 58.1 Å². The number of rotatable bonds is 2. The first kappa shape index (κ1) is 13.6. The highest BCUT2D eigenvalue weighted by Crippen LogP contribution is 2.37. The second-order valence-electron chi connectivity index (χ2n) is 5.54. The predicted molar refractivity (Wildman–Crippen MR) is 81.1 cm³/mol. The third-order valence-electron chi connectivity index (χ3n) is 3.75. The summed E-state index contributed by atoms with van der Waals surface area (Å²) in [6, 6.07) is 12.6. The molecule has 0 fully saturated rings. The Morgan fingerprint density at radius 2 is 1.95 bits per heavy atom. The van der Waals surface area contributed by atoms with Gasteiger partial charge < -0.3 is 10.1 Å². The van der Waals surface area contributed by atoms with Crippen LogP contribution in [0.4, 0.5) is 11.4 Å². The summed E-state index contributed by atoms with van der Waals surface area (Å²) in [5.41, 5.74) is 3.58. The minimum Gasteiger partial charge on any atom is -0.362 e. The first-order valence-electron chi connectivity index (χ1n) is 6.74. The molecule has 2 aromatic rings. The number of ether oxygens (including phenoxy) is 1. The van der Waals surface area contributed by atoms with Crippen LogP contribution in [-0.2, 0) is 10.3 Å². The molecule has 0 radical (unpaired) electrons. The van der Waals surface area contributed by atoms with Crippen LogP contribution in [0.2, 0.25) is 0 Å². The van der Waals surface area contributed by atoms with E-state index in [1.54, 1.807) is 12.1 Å². The molecule has 1 aliphatic heterocycles. The maximum atomic E-state index is 10.9. The minimum absolute atomic E-state index is 0.0962. The van der Waals surface area contributed by atoms with E-state index in [1.165, 1.54) is 6.07 Å². The molecule has 0 spiro atoms. The van der Waals surface area contributed by atoms with E-state index in [9.17, 15) is 10.1 Å². The summed E-state index contributed by atoms with van der Waals surface area (Å²) < 4.78 is 5.73. The molecule has 0 unspecified atom stereocenters. The van der Waals surface area contributed by atoms with Gasteiger partial charge in [-0.1, -0.05) is 18.2 Å². The molecule has 0 amide bonds. The fourth-order valence-electron chi connectivity index (χ4n) is 2.55. The van der Waals surface area contributed by atoms with E-state index in [0.29, 0.717) is 6.73 Å². The van der Waals surface area contributed by atoms with E-state index in [0.717, 1.165) is 22.4 Å². The number of nitrogens with one attached hydrogen (secondary N) is 1. The number of hydrogen-bond donors (Lipinski definition) is 1. The van der Waals surface area contributed by atoms with Crippen LogP contribution in [0.25, 0.3) is 11.1 Å². The molecule has 3 rings (SSSR count). The van der Waals surface area contributed by atoms with Crippen molar-refractivity contribution in [2.45, 2.75) is 19.4 Å². The highest BCUT2D eigenvalue weighted by atomic mass is 16.6. The van der Waals surface area contributed by atoms with E-state index in [-0.39, 0.29) is 16.2 Å². The third-order valence-corrected chi connectivity index (χ3v) is 3.75. The predicted octanol–water partition coefficient (Wildman–Crippen LogP) is 3.90. The Morgan fingerprint density at radius 3 is 2.71 bits per heavy atom. The van der Waals surface area contributed by atoms with Gasteiger partial charge in [0.1, 0.15) is 6.73 Å². The van der Waals surface area contributed by atoms with Gasteiger partial charge in [-0.2, -0.15) is 0 Å². The SMILES string of the molecule is CC1(C)OCNc2ccc(-c3cccc([N+](=O)[O-])c3)cc21. The lowest BCUT2D eigenvalue weighted by Crippen LogP contribution is -2.31. The molecule has 1 heterocycles. The maximum absolute atomic E-state index is 10.9. The normalized spacial score (nSPS) is 15.9. The third kappa shape index (κ3) is 2.48. The van der Waals surface area contributed by atoms with Crippen molar-refractivity contribution < 1.29 is 9.66 Å². The lowest BCUT2D eigenvalue weighted by atomic mass is 9.91. The van der Waals surface area contributed by atoms with E-state index < -0.39 is 0 Å². The zero-order chi connectivity index (χ0) is 15.0. The summed E-state index contributed by atoms with van der Waals surface area (Å²) in [7, 11) is 0. The maximum Gasteiger partial charge on any atom is 0.270 e. The lowest BCUT2D eigenvalue weighted by molar-refractivity contribution is -0.384. The Morgan fingerprint density at radius 1 is 1.19 bits per heavy atom. The Kier molecular flexibility index (Phi) is 3.14. The van der Waals surface area contributed by atoms with Crippen molar-refractivity contribution in [1.82, 2.24) is 0 Å². The second kappa shape index (κ2) is 4.86. The monoisotopic (exact) mass is 284 g/mol. The zero-order valence-electron chi connectivity index (χ0n) is 11.9. The quantitative estimate of drug-likeness (QED) is 0.671. The topological polar surface area (TPSA) is 64.4 Å². The average Bonchev–Trinajstić information content (AvgIpc) is 2.47. The molecule has 0 saturated heterocycles. The van der Waals surface area contributed by atoms with E-state index in [4.69, 9.17) is 4.74 Å². The van der Waals surface area contributed by atoms with Crippen molar-refractivity contribution in [2.75, 3.05) is 12.0 Å². The van der Waals surface area contributed by atoms with Gasteiger partial charge in [-0.25, -0.2) is 0 Å². The summed E-state index contributed by atoms with van der Waals surface area (Å²) in [5.74, 6) is 0. The molecular weight excluding hydrogens is 268 g/mol. The van der Waals surface area contributed by atoms with Crippen molar-refractivity contribution >= 4 is 11.4 Å². The summed E-state index contributed by atoms with van der Waals surface area (Å²) in [5, 5.41) is 14.1. The number of nitrogens with zero attached hydrogens (tertiary/aromatic N) is 1. The molecule has 0 aromatic heterocycles. The largest absolute Gasteiger partial charge is 0.362 e. The highest BCUT2D eigenvalue weighted by Gasteiger charge is 2.28. The molecule has 1 aliphatic rings. The smallest absolute Gasteiger partial charge is 0.270 e. The standard InChI is InChI=1S/C16H16N2O3/c1-16(2)14-9-12(6-7-15(14)17-10-21-16)11-4-3-5-13(8-11)18(19)20/h3-9,17H,10H2,1-2H3. The van der Waals surface area contributed by atoms with Crippen LogP contribution in [0.1, 0.15) is 19.4 Å². The number of anilines is 1. The van der Waals surface area contributed by atoms with Crippen LogP contribution < -0.4 is 5.32 Å². The van der Waals surface area contributed by atoms with Crippen LogP contribution in [0.5, 0.6) is 0 Å². The minimum atomic E-state index is -0.378. The molecule has 0 bridgehead atoms. The number of nitro benzene ring substituents is 1. The van der Waals surface area contributed by atoms with Crippen LogP contribution in [0.15, 0.2) is 42.5 Å². The van der Waals surface area contributed by atoms with Crippen LogP contribution >= 0.6 is 0 Å². The number of benzene rings is 2. The molecular formula is C16H16N2O3. The second-order valence-corrected chi connectivity index (χ2v) is 5.54. The molecule has 0 atom stereocenters. The summed E-state index contributed by atoms with van der Waals surface area (Å²) in [4.78, 5) is 10.5. The van der Waals surface area contributed by atoms with Gasteiger partial charge in [0, 0.05) is 23.4 Å². The Bertz CT molecular complexity index is 710. The van der Waals surface area contributed by atoms with Crippen molar-refractivity contribution in [3.8, 4) is 11.1 Å². The summed E-state index contributed by atoms with van der Waals surface area (Å²) >= 11 is 0. The van der Waals surface area contributed by atoms with Gasteiger partial charge in [0.05, 0.1) is 10.5 Å². The van der Waals surface area contributed by atoms with Gasteiger partial charge in [0.15, 0.2) is 0 Å². The van der Waals surface area contributed by atoms with Crippen LogP contribution in [-0.4, -0.2) is 11.7 Å². The van der Waals surface area contributed by atoms with Gasteiger partial charge >= 0.3 is 0 Å². The lowest BCUT2D eigenvalue weighted by Gasteiger charge is -2.33. The van der Waals surface area contributed by atoms with Crippen molar-refractivity contribution in [2.24, 2.45) is 0 Å². The van der Waals surface area contributed by atoms with Gasteiger partial charge in [0.25, 0.3) is 5.69 Å². The van der Waals surface area contributed by atoms with E-state index in [1.807, 2.05) is 38.1 Å². The van der Waals surface area contributed by atoms with Crippen molar-refractivity contribution in [3.63, 3.8) is 0 Å². The Labute approximate surface area is 122 Å². The number of fused-ring (bicyclic) bond motifs is 1. The van der Waals surface area contributed by atoms with Crippen LogP contribution in [0, 0.1) is 10.1 Å².